The van der Waals surface area contributed by atoms with Gasteiger partial charge in [-0.2, -0.15) is 0 Å². The van der Waals surface area contributed by atoms with Crippen LogP contribution in [-0.2, 0) is 6.54 Å². The Morgan fingerprint density at radius 3 is 2.63 bits per heavy atom. The van der Waals surface area contributed by atoms with Gasteiger partial charge in [0.15, 0.2) is 5.96 Å². The van der Waals surface area contributed by atoms with Crippen LogP contribution in [0.4, 0.5) is 0 Å². The number of guanidine groups is 1. The molecule has 1 saturated carbocycles. The molecule has 1 heterocycles. The van der Waals surface area contributed by atoms with E-state index in [1.54, 1.807) is 0 Å². The van der Waals surface area contributed by atoms with Crippen LogP contribution in [0.3, 0.4) is 0 Å². The smallest absolute Gasteiger partial charge is 0.191 e. The van der Waals surface area contributed by atoms with Gasteiger partial charge in [0.05, 0.1) is 13.2 Å². The summed E-state index contributed by atoms with van der Waals surface area (Å²) in [6.07, 6.45) is 7.83. The van der Waals surface area contributed by atoms with E-state index in [9.17, 15) is 0 Å². The second kappa shape index (κ2) is 12.2. The predicted octanol–water partition coefficient (Wildman–Crippen LogP) is 3.09. The Bertz CT molecular complexity index is 640. The Balaban J connectivity index is 1.44. The highest BCUT2D eigenvalue weighted by molar-refractivity contribution is 5.80. The van der Waals surface area contributed by atoms with Crippen molar-refractivity contribution >= 4 is 5.96 Å². The van der Waals surface area contributed by atoms with E-state index >= 15 is 0 Å². The molecule has 1 saturated heterocycles. The maximum atomic E-state index is 5.82. The molecule has 30 heavy (non-hydrogen) atoms. The molecule has 1 aliphatic carbocycles. The molecular weight excluding hydrogens is 374 g/mol. The number of nitrogens with one attached hydrogen (secondary N) is 2. The summed E-state index contributed by atoms with van der Waals surface area (Å²) in [4.78, 5) is 9.69. The van der Waals surface area contributed by atoms with E-state index in [2.05, 4.69) is 65.7 Å². The van der Waals surface area contributed by atoms with Gasteiger partial charge in [-0.1, -0.05) is 25.0 Å². The van der Waals surface area contributed by atoms with Gasteiger partial charge < -0.3 is 20.3 Å². The Hall–Kier alpha value is -1.79. The summed E-state index contributed by atoms with van der Waals surface area (Å²) < 4.78 is 5.82. The summed E-state index contributed by atoms with van der Waals surface area (Å²) in [6, 6.07) is 9.66. The van der Waals surface area contributed by atoms with Gasteiger partial charge in [0.1, 0.15) is 5.75 Å². The number of hydrogen-bond acceptors (Lipinski definition) is 4. The van der Waals surface area contributed by atoms with E-state index in [4.69, 9.17) is 9.73 Å². The third kappa shape index (κ3) is 7.47. The Labute approximate surface area is 183 Å². The monoisotopic (exact) mass is 415 g/mol. The van der Waals surface area contributed by atoms with Crippen LogP contribution in [0.5, 0.6) is 5.75 Å². The second-order valence-corrected chi connectivity index (χ2v) is 8.91. The lowest BCUT2D eigenvalue weighted by molar-refractivity contribution is 0.242. The molecule has 168 valence electrons. The van der Waals surface area contributed by atoms with Crippen LogP contribution in [0.2, 0.25) is 0 Å². The Morgan fingerprint density at radius 1 is 1.17 bits per heavy atom. The molecule has 1 unspecified atom stereocenters. The summed E-state index contributed by atoms with van der Waals surface area (Å²) >= 11 is 0. The van der Waals surface area contributed by atoms with E-state index in [1.807, 2.05) is 0 Å². The van der Waals surface area contributed by atoms with Crippen molar-refractivity contribution in [2.24, 2.45) is 4.99 Å². The number of ether oxygens (including phenoxy) is 1. The predicted molar refractivity (Wildman–Crippen MR) is 125 cm³/mol. The first-order valence-electron chi connectivity index (χ1n) is 11.8. The van der Waals surface area contributed by atoms with E-state index in [0.717, 1.165) is 50.4 Å². The lowest BCUT2D eigenvalue weighted by atomic mass is 10.2. The van der Waals surface area contributed by atoms with E-state index < -0.39 is 0 Å². The fraction of sp³-hybridized carbons (Fsp3) is 0.708. The molecule has 0 bridgehead atoms. The first-order chi connectivity index (χ1) is 14.6. The molecule has 6 heteroatoms. The molecule has 1 aromatic rings. The standard InChI is InChI=1S/C24H41N5O/c1-4-25-24(27-21-14-16-29(19-21)22-8-5-6-9-22)26-18-20-10-12-23(13-11-20)30-17-7-15-28(2)3/h10-13,21-22H,4-9,14-19H2,1-3H3,(H2,25,26,27). The highest BCUT2D eigenvalue weighted by Crippen LogP contribution is 2.26. The van der Waals surface area contributed by atoms with Crippen LogP contribution >= 0.6 is 0 Å². The first-order valence-corrected chi connectivity index (χ1v) is 11.8. The molecule has 2 N–H and O–H groups in total. The lowest BCUT2D eigenvalue weighted by Gasteiger charge is -2.24. The van der Waals surface area contributed by atoms with Crippen molar-refractivity contribution in [2.75, 3.05) is 46.9 Å². The second-order valence-electron chi connectivity index (χ2n) is 8.91. The highest BCUT2D eigenvalue weighted by Gasteiger charge is 2.30. The van der Waals surface area contributed by atoms with Gasteiger partial charge in [-0.05, 0) is 64.4 Å². The van der Waals surface area contributed by atoms with E-state index in [0.29, 0.717) is 12.6 Å². The third-order valence-electron chi connectivity index (χ3n) is 6.11. The number of hydrogen-bond donors (Lipinski definition) is 2. The molecule has 0 spiro atoms. The minimum atomic E-state index is 0.501. The van der Waals surface area contributed by atoms with Crippen molar-refractivity contribution in [3.8, 4) is 5.75 Å². The van der Waals surface area contributed by atoms with Gasteiger partial charge in [-0.3, -0.25) is 4.90 Å². The van der Waals surface area contributed by atoms with Gasteiger partial charge >= 0.3 is 0 Å². The zero-order valence-corrected chi connectivity index (χ0v) is 19.2. The van der Waals surface area contributed by atoms with Gasteiger partial charge in [0.2, 0.25) is 0 Å². The van der Waals surface area contributed by atoms with Crippen molar-refractivity contribution in [2.45, 2.75) is 64.1 Å². The van der Waals surface area contributed by atoms with Crippen molar-refractivity contribution < 1.29 is 4.74 Å². The molecule has 2 fully saturated rings. The number of benzene rings is 1. The first kappa shape index (κ1) is 22.9. The van der Waals surface area contributed by atoms with Crippen molar-refractivity contribution in [1.82, 2.24) is 20.4 Å². The molecular formula is C24H41N5O. The maximum Gasteiger partial charge on any atom is 0.191 e. The fourth-order valence-corrected chi connectivity index (χ4v) is 4.45. The summed E-state index contributed by atoms with van der Waals surface area (Å²) in [6.45, 7) is 7.85. The van der Waals surface area contributed by atoms with Gasteiger partial charge in [-0.15, -0.1) is 0 Å². The molecule has 6 nitrogen and oxygen atoms in total. The molecule has 1 aliphatic heterocycles. The fourth-order valence-electron chi connectivity index (χ4n) is 4.45. The van der Waals surface area contributed by atoms with Crippen LogP contribution in [0, 0.1) is 0 Å². The third-order valence-corrected chi connectivity index (χ3v) is 6.11. The molecule has 2 aliphatic rings. The van der Waals surface area contributed by atoms with Crippen molar-refractivity contribution in [1.29, 1.82) is 0 Å². The van der Waals surface area contributed by atoms with Crippen LogP contribution in [0.25, 0.3) is 0 Å². The maximum absolute atomic E-state index is 5.82. The van der Waals surface area contributed by atoms with Crippen LogP contribution in [0.1, 0.15) is 51.0 Å². The van der Waals surface area contributed by atoms with Gasteiger partial charge in [0, 0.05) is 38.3 Å². The average molecular weight is 416 g/mol. The van der Waals surface area contributed by atoms with Crippen LogP contribution < -0.4 is 15.4 Å². The minimum Gasteiger partial charge on any atom is -0.494 e. The molecule has 3 rings (SSSR count). The van der Waals surface area contributed by atoms with Gasteiger partial charge in [-0.25, -0.2) is 4.99 Å². The largest absolute Gasteiger partial charge is 0.494 e. The number of rotatable bonds is 10. The van der Waals surface area contributed by atoms with E-state index in [1.165, 1.54) is 44.2 Å². The Morgan fingerprint density at radius 2 is 1.93 bits per heavy atom. The number of nitrogens with zero attached hydrogens (tertiary/aromatic N) is 3. The number of aliphatic imine (C=N–C) groups is 1. The molecule has 0 radical (unpaired) electrons. The zero-order chi connectivity index (χ0) is 21.2. The molecule has 1 atom stereocenters. The molecule has 1 aromatic carbocycles. The Kier molecular flexibility index (Phi) is 9.27. The summed E-state index contributed by atoms with van der Waals surface area (Å²) in [5.41, 5.74) is 1.20. The van der Waals surface area contributed by atoms with Gasteiger partial charge in [0.25, 0.3) is 0 Å². The topological polar surface area (TPSA) is 52.1 Å². The molecule has 0 aromatic heterocycles. The highest BCUT2D eigenvalue weighted by atomic mass is 16.5. The SMILES string of the molecule is CCNC(=NCc1ccc(OCCCN(C)C)cc1)NC1CCN(C2CCCC2)C1. The summed E-state index contributed by atoms with van der Waals surface area (Å²) in [5.74, 6) is 1.87. The van der Waals surface area contributed by atoms with E-state index in [-0.39, 0.29) is 0 Å². The zero-order valence-electron chi connectivity index (χ0n) is 19.2. The van der Waals surface area contributed by atoms with Crippen molar-refractivity contribution in [3.63, 3.8) is 0 Å². The average Bonchev–Trinajstić information content (AvgIpc) is 3.42. The van der Waals surface area contributed by atoms with Crippen LogP contribution in [0.15, 0.2) is 29.3 Å². The van der Waals surface area contributed by atoms with Crippen molar-refractivity contribution in [3.05, 3.63) is 29.8 Å². The summed E-state index contributed by atoms with van der Waals surface area (Å²) in [5, 5.41) is 7.07. The normalized spacial score (nSPS) is 20.8. The van der Waals surface area contributed by atoms with Crippen LogP contribution in [-0.4, -0.2) is 74.7 Å². The summed E-state index contributed by atoms with van der Waals surface area (Å²) in [7, 11) is 4.17. The lowest BCUT2D eigenvalue weighted by Crippen LogP contribution is -2.45. The quantitative estimate of drug-likeness (QED) is 0.349. The number of likely N-dealkylation sites (tertiary alicyclic amines) is 1. The molecule has 0 amide bonds. The minimum absolute atomic E-state index is 0.501.